The standard InChI is InChI=1S/C16H23N3O2/c1-11(17)10-15(20)18-14-7-5-6-13(12(14)2)16(21)19-8-3-4-9-19/h5-7,11H,3-4,8-10,17H2,1-2H3,(H,18,20). The highest BCUT2D eigenvalue weighted by molar-refractivity contribution is 5.99. The monoisotopic (exact) mass is 289 g/mol. The predicted molar refractivity (Wildman–Crippen MR) is 83.2 cm³/mol. The molecule has 1 aromatic carbocycles. The lowest BCUT2D eigenvalue weighted by Gasteiger charge is -2.18. The van der Waals surface area contributed by atoms with Gasteiger partial charge in [-0.1, -0.05) is 6.07 Å². The van der Waals surface area contributed by atoms with Crippen molar-refractivity contribution in [2.45, 2.75) is 39.2 Å². The fraction of sp³-hybridized carbons (Fsp3) is 0.500. The van der Waals surface area contributed by atoms with Crippen LogP contribution in [0.4, 0.5) is 5.69 Å². The second-order valence-corrected chi connectivity index (χ2v) is 5.71. The number of carbonyl (C=O) groups is 2. The second kappa shape index (κ2) is 6.72. The Morgan fingerprint density at radius 1 is 1.33 bits per heavy atom. The Kier molecular flexibility index (Phi) is 4.96. The van der Waals surface area contributed by atoms with Crippen molar-refractivity contribution in [1.82, 2.24) is 4.90 Å². The van der Waals surface area contributed by atoms with Gasteiger partial charge in [0.05, 0.1) is 0 Å². The maximum Gasteiger partial charge on any atom is 0.254 e. The smallest absolute Gasteiger partial charge is 0.254 e. The summed E-state index contributed by atoms with van der Waals surface area (Å²) in [5.74, 6) is -0.0767. The summed E-state index contributed by atoms with van der Waals surface area (Å²) < 4.78 is 0. The van der Waals surface area contributed by atoms with Gasteiger partial charge in [-0.15, -0.1) is 0 Å². The first kappa shape index (κ1) is 15.5. The number of benzene rings is 1. The van der Waals surface area contributed by atoms with Gasteiger partial charge >= 0.3 is 0 Å². The van der Waals surface area contributed by atoms with Gasteiger partial charge in [-0.2, -0.15) is 0 Å². The molecule has 1 fully saturated rings. The molecule has 1 aromatic rings. The van der Waals surface area contributed by atoms with E-state index in [1.807, 2.05) is 24.0 Å². The maximum absolute atomic E-state index is 12.5. The van der Waals surface area contributed by atoms with Crippen LogP contribution in [0.25, 0.3) is 0 Å². The molecule has 2 amide bonds. The largest absolute Gasteiger partial charge is 0.339 e. The number of likely N-dealkylation sites (tertiary alicyclic amines) is 1. The van der Waals surface area contributed by atoms with Crippen LogP contribution in [-0.4, -0.2) is 35.8 Å². The summed E-state index contributed by atoms with van der Waals surface area (Å²) in [7, 11) is 0. The first-order chi connectivity index (χ1) is 9.99. The summed E-state index contributed by atoms with van der Waals surface area (Å²) in [5.41, 5.74) is 7.79. The molecule has 2 rings (SSSR count). The average molecular weight is 289 g/mol. The number of anilines is 1. The van der Waals surface area contributed by atoms with E-state index in [-0.39, 0.29) is 24.3 Å². The van der Waals surface area contributed by atoms with Crippen LogP contribution in [0.1, 0.15) is 42.1 Å². The molecule has 0 aliphatic carbocycles. The minimum absolute atomic E-state index is 0.0493. The number of carbonyl (C=O) groups excluding carboxylic acids is 2. The van der Waals surface area contributed by atoms with Gasteiger partial charge in [-0.05, 0) is 44.4 Å². The first-order valence-electron chi connectivity index (χ1n) is 7.43. The first-order valence-corrected chi connectivity index (χ1v) is 7.43. The number of nitrogens with one attached hydrogen (secondary N) is 1. The fourth-order valence-electron chi connectivity index (χ4n) is 2.59. The van der Waals surface area contributed by atoms with E-state index < -0.39 is 0 Å². The Balaban J connectivity index is 2.15. The molecule has 1 heterocycles. The SMILES string of the molecule is Cc1c(NC(=O)CC(C)N)cccc1C(=O)N1CCCC1. The Labute approximate surface area is 125 Å². The summed E-state index contributed by atoms with van der Waals surface area (Å²) in [4.78, 5) is 26.2. The molecular weight excluding hydrogens is 266 g/mol. The van der Waals surface area contributed by atoms with Crippen molar-refractivity contribution in [2.24, 2.45) is 5.73 Å². The molecule has 1 atom stereocenters. The molecule has 1 unspecified atom stereocenters. The van der Waals surface area contributed by atoms with Gasteiger partial charge in [0.15, 0.2) is 0 Å². The number of amides is 2. The van der Waals surface area contributed by atoms with Crippen molar-refractivity contribution in [3.63, 3.8) is 0 Å². The van der Waals surface area contributed by atoms with E-state index in [2.05, 4.69) is 5.32 Å². The van der Waals surface area contributed by atoms with Crippen LogP contribution in [0.3, 0.4) is 0 Å². The van der Waals surface area contributed by atoms with Crippen molar-refractivity contribution >= 4 is 17.5 Å². The third-order valence-electron chi connectivity index (χ3n) is 3.74. The van der Waals surface area contributed by atoms with Crippen LogP contribution in [0.2, 0.25) is 0 Å². The molecule has 5 nitrogen and oxygen atoms in total. The Morgan fingerprint density at radius 3 is 2.62 bits per heavy atom. The third kappa shape index (κ3) is 3.82. The van der Waals surface area contributed by atoms with Crippen LogP contribution in [-0.2, 0) is 4.79 Å². The third-order valence-corrected chi connectivity index (χ3v) is 3.74. The summed E-state index contributed by atoms with van der Waals surface area (Å²) in [6.07, 6.45) is 2.40. The van der Waals surface area contributed by atoms with E-state index in [1.54, 1.807) is 13.0 Å². The molecule has 0 radical (unpaired) electrons. The predicted octanol–water partition coefficient (Wildman–Crippen LogP) is 1.91. The molecule has 3 N–H and O–H groups in total. The van der Waals surface area contributed by atoms with Crippen molar-refractivity contribution < 1.29 is 9.59 Å². The second-order valence-electron chi connectivity index (χ2n) is 5.71. The zero-order valence-electron chi connectivity index (χ0n) is 12.7. The van der Waals surface area contributed by atoms with Crippen molar-refractivity contribution in [1.29, 1.82) is 0 Å². The Bertz CT molecular complexity index is 534. The number of nitrogens with two attached hydrogens (primary N) is 1. The van der Waals surface area contributed by atoms with E-state index in [0.717, 1.165) is 31.5 Å². The summed E-state index contributed by atoms with van der Waals surface area (Å²) in [5, 5.41) is 2.84. The highest BCUT2D eigenvalue weighted by Crippen LogP contribution is 2.22. The number of hydrogen-bond donors (Lipinski definition) is 2. The molecule has 21 heavy (non-hydrogen) atoms. The maximum atomic E-state index is 12.5. The number of hydrogen-bond acceptors (Lipinski definition) is 3. The lowest BCUT2D eigenvalue weighted by Crippen LogP contribution is -2.28. The molecule has 0 saturated carbocycles. The summed E-state index contributed by atoms with van der Waals surface area (Å²) in [6, 6.07) is 5.25. The van der Waals surface area contributed by atoms with Crippen LogP contribution in [0.5, 0.6) is 0 Å². The highest BCUT2D eigenvalue weighted by Gasteiger charge is 2.22. The summed E-state index contributed by atoms with van der Waals surface area (Å²) in [6.45, 7) is 5.30. The van der Waals surface area contributed by atoms with Crippen LogP contribution in [0.15, 0.2) is 18.2 Å². The van der Waals surface area contributed by atoms with E-state index >= 15 is 0 Å². The van der Waals surface area contributed by atoms with Gasteiger partial charge in [0.2, 0.25) is 5.91 Å². The summed E-state index contributed by atoms with van der Waals surface area (Å²) >= 11 is 0. The molecule has 5 heteroatoms. The van der Waals surface area contributed by atoms with Crippen LogP contribution < -0.4 is 11.1 Å². The topological polar surface area (TPSA) is 75.4 Å². The number of rotatable bonds is 4. The van der Waals surface area contributed by atoms with E-state index in [0.29, 0.717) is 11.3 Å². The minimum atomic E-state index is -0.181. The lowest BCUT2D eigenvalue weighted by molar-refractivity contribution is -0.116. The van der Waals surface area contributed by atoms with Gasteiger partial charge in [0.25, 0.3) is 5.91 Å². The van der Waals surface area contributed by atoms with E-state index in [9.17, 15) is 9.59 Å². The van der Waals surface area contributed by atoms with Gasteiger partial charge in [-0.25, -0.2) is 0 Å². The Hall–Kier alpha value is -1.88. The zero-order chi connectivity index (χ0) is 15.4. The van der Waals surface area contributed by atoms with Gasteiger partial charge in [0.1, 0.15) is 0 Å². The molecule has 0 bridgehead atoms. The molecule has 1 aliphatic rings. The lowest BCUT2D eigenvalue weighted by atomic mass is 10.1. The molecule has 114 valence electrons. The fourth-order valence-corrected chi connectivity index (χ4v) is 2.59. The van der Waals surface area contributed by atoms with Crippen LogP contribution in [0, 0.1) is 6.92 Å². The molecule has 1 saturated heterocycles. The van der Waals surface area contributed by atoms with Crippen molar-refractivity contribution in [3.05, 3.63) is 29.3 Å². The highest BCUT2D eigenvalue weighted by atomic mass is 16.2. The Morgan fingerprint density at radius 2 is 2.00 bits per heavy atom. The van der Waals surface area contributed by atoms with Crippen molar-refractivity contribution in [2.75, 3.05) is 18.4 Å². The quantitative estimate of drug-likeness (QED) is 0.889. The minimum Gasteiger partial charge on any atom is -0.339 e. The zero-order valence-corrected chi connectivity index (χ0v) is 12.7. The van der Waals surface area contributed by atoms with Gasteiger partial charge in [0, 0.05) is 36.8 Å². The van der Waals surface area contributed by atoms with Crippen molar-refractivity contribution in [3.8, 4) is 0 Å². The molecule has 1 aliphatic heterocycles. The van der Waals surface area contributed by atoms with Gasteiger partial charge < -0.3 is 16.0 Å². The molecular formula is C16H23N3O2. The van der Waals surface area contributed by atoms with Gasteiger partial charge in [-0.3, -0.25) is 9.59 Å². The van der Waals surface area contributed by atoms with E-state index in [1.165, 1.54) is 0 Å². The number of nitrogens with zero attached hydrogens (tertiary/aromatic N) is 1. The van der Waals surface area contributed by atoms with Crippen LogP contribution >= 0.6 is 0 Å². The molecule has 0 aromatic heterocycles. The molecule has 0 spiro atoms. The normalized spacial score (nSPS) is 15.9. The van der Waals surface area contributed by atoms with E-state index in [4.69, 9.17) is 5.73 Å². The average Bonchev–Trinajstić information content (AvgIpc) is 2.93.